The number of amides is 1. The summed E-state index contributed by atoms with van der Waals surface area (Å²) in [5.74, 6) is 1.65. The van der Waals surface area contributed by atoms with E-state index in [0.29, 0.717) is 11.8 Å². The third-order valence-electron chi connectivity index (χ3n) is 5.27. The number of nitrogens with zero attached hydrogens (tertiary/aromatic N) is 4. The van der Waals surface area contributed by atoms with Gasteiger partial charge in [0.05, 0.1) is 13.1 Å². The van der Waals surface area contributed by atoms with Crippen LogP contribution in [0.4, 0.5) is 5.95 Å². The second-order valence-corrected chi connectivity index (χ2v) is 6.58. The van der Waals surface area contributed by atoms with Crippen LogP contribution >= 0.6 is 0 Å². The highest BCUT2D eigenvalue weighted by Crippen LogP contribution is 2.42. The van der Waals surface area contributed by atoms with Crippen molar-refractivity contribution >= 4 is 11.9 Å². The maximum Gasteiger partial charge on any atom is 0.225 e. The third-order valence-corrected chi connectivity index (χ3v) is 5.27. The highest BCUT2D eigenvalue weighted by Gasteiger charge is 2.53. The quantitative estimate of drug-likeness (QED) is 0.833. The Hall–Kier alpha value is -1.69. The van der Waals surface area contributed by atoms with Gasteiger partial charge in [-0.15, -0.1) is 0 Å². The molecule has 0 aliphatic carbocycles. The largest absolute Gasteiger partial charge is 0.371 e. The minimum absolute atomic E-state index is 0.0397. The van der Waals surface area contributed by atoms with Crippen LogP contribution in [0.3, 0.4) is 0 Å². The number of aromatic nitrogens is 2. The van der Waals surface area contributed by atoms with E-state index in [4.69, 9.17) is 4.74 Å². The molecule has 4 rings (SSSR count). The van der Waals surface area contributed by atoms with Crippen molar-refractivity contribution in [2.24, 2.45) is 5.92 Å². The molecule has 118 valence electrons. The van der Waals surface area contributed by atoms with E-state index in [9.17, 15) is 4.79 Å². The Bertz CT molecular complexity index is 544. The fraction of sp³-hybridized carbons (Fsp3) is 0.688. The minimum Gasteiger partial charge on any atom is -0.371 e. The second-order valence-electron chi connectivity index (χ2n) is 6.58. The predicted molar refractivity (Wildman–Crippen MR) is 81.5 cm³/mol. The fourth-order valence-electron chi connectivity index (χ4n) is 3.99. The van der Waals surface area contributed by atoms with Crippen molar-refractivity contribution in [1.29, 1.82) is 0 Å². The van der Waals surface area contributed by atoms with Gasteiger partial charge in [-0.05, 0) is 31.2 Å². The molecule has 6 heteroatoms. The van der Waals surface area contributed by atoms with E-state index < -0.39 is 0 Å². The number of hydrogen-bond donors (Lipinski definition) is 0. The monoisotopic (exact) mass is 302 g/mol. The first-order chi connectivity index (χ1) is 10.8. The Kier molecular flexibility index (Phi) is 3.48. The lowest BCUT2D eigenvalue weighted by atomic mass is 9.79. The molecule has 1 amide bonds. The first-order valence-electron chi connectivity index (χ1n) is 8.21. The van der Waals surface area contributed by atoms with Gasteiger partial charge in [0.15, 0.2) is 0 Å². The fourth-order valence-corrected chi connectivity index (χ4v) is 3.99. The molecule has 3 aliphatic heterocycles. The lowest BCUT2D eigenvalue weighted by Crippen LogP contribution is -2.65. The number of hydrogen-bond acceptors (Lipinski definition) is 5. The zero-order valence-electron chi connectivity index (χ0n) is 12.8. The van der Waals surface area contributed by atoms with Gasteiger partial charge in [0.1, 0.15) is 5.60 Å². The van der Waals surface area contributed by atoms with Gasteiger partial charge < -0.3 is 14.5 Å². The molecule has 1 aromatic rings. The Labute approximate surface area is 130 Å². The minimum atomic E-state index is -0.0397. The third kappa shape index (κ3) is 2.35. The van der Waals surface area contributed by atoms with E-state index in [-0.39, 0.29) is 5.60 Å². The van der Waals surface area contributed by atoms with E-state index in [2.05, 4.69) is 14.9 Å². The normalized spacial score (nSPS) is 26.7. The summed E-state index contributed by atoms with van der Waals surface area (Å²) in [6.45, 7) is 4.40. The second kappa shape index (κ2) is 5.50. The van der Waals surface area contributed by atoms with Gasteiger partial charge in [0.25, 0.3) is 0 Å². The number of likely N-dealkylation sites (tertiary alicyclic amines) is 1. The predicted octanol–water partition coefficient (Wildman–Crippen LogP) is 1.08. The summed E-state index contributed by atoms with van der Waals surface area (Å²) in [6, 6.07) is 1.83. The molecule has 3 aliphatic rings. The van der Waals surface area contributed by atoms with Crippen molar-refractivity contribution in [3.8, 4) is 0 Å². The Morgan fingerprint density at radius 3 is 2.86 bits per heavy atom. The Morgan fingerprint density at radius 1 is 1.32 bits per heavy atom. The van der Waals surface area contributed by atoms with Crippen LogP contribution in [-0.4, -0.2) is 59.2 Å². The molecule has 0 saturated carbocycles. The molecule has 1 spiro atoms. The number of ether oxygens (including phenoxy) is 1. The van der Waals surface area contributed by atoms with Crippen LogP contribution in [0, 0.1) is 5.92 Å². The Morgan fingerprint density at radius 2 is 2.14 bits per heavy atom. The lowest BCUT2D eigenvalue weighted by molar-refractivity contribution is -0.128. The molecule has 3 fully saturated rings. The highest BCUT2D eigenvalue weighted by molar-refractivity contribution is 5.78. The van der Waals surface area contributed by atoms with E-state index in [0.717, 1.165) is 64.4 Å². The van der Waals surface area contributed by atoms with E-state index in [1.165, 1.54) is 0 Å². The summed E-state index contributed by atoms with van der Waals surface area (Å²) in [4.78, 5) is 24.5. The van der Waals surface area contributed by atoms with Gasteiger partial charge in [0.2, 0.25) is 11.9 Å². The number of carbonyl (C=O) groups excluding carboxylic acids is 1. The summed E-state index contributed by atoms with van der Waals surface area (Å²) in [7, 11) is 0. The first-order valence-corrected chi connectivity index (χ1v) is 8.21. The maximum atomic E-state index is 11.7. The molecule has 0 aromatic carbocycles. The summed E-state index contributed by atoms with van der Waals surface area (Å²) < 4.78 is 6.08. The number of anilines is 1. The van der Waals surface area contributed by atoms with Crippen molar-refractivity contribution in [2.45, 2.75) is 31.3 Å². The molecular weight excluding hydrogens is 280 g/mol. The van der Waals surface area contributed by atoms with Crippen molar-refractivity contribution in [1.82, 2.24) is 14.9 Å². The van der Waals surface area contributed by atoms with E-state index in [1.807, 2.05) is 11.0 Å². The van der Waals surface area contributed by atoms with Crippen LogP contribution in [0.25, 0.3) is 0 Å². The molecular formula is C16H22N4O2. The maximum absolute atomic E-state index is 11.7. The van der Waals surface area contributed by atoms with Gasteiger partial charge in [-0.1, -0.05) is 0 Å². The van der Waals surface area contributed by atoms with Gasteiger partial charge in [-0.25, -0.2) is 9.97 Å². The van der Waals surface area contributed by atoms with Crippen LogP contribution in [0.5, 0.6) is 0 Å². The van der Waals surface area contributed by atoms with Crippen LogP contribution in [0.15, 0.2) is 18.5 Å². The van der Waals surface area contributed by atoms with Crippen LogP contribution in [-0.2, 0) is 9.53 Å². The van der Waals surface area contributed by atoms with Crippen LogP contribution < -0.4 is 4.90 Å². The molecule has 6 nitrogen and oxygen atoms in total. The molecule has 1 unspecified atom stereocenters. The van der Waals surface area contributed by atoms with Crippen molar-refractivity contribution < 1.29 is 9.53 Å². The smallest absolute Gasteiger partial charge is 0.225 e. The molecule has 3 saturated heterocycles. The topological polar surface area (TPSA) is 58.6 Å². The number of rotatable bonds is 4. The number of carbonyl (C=O) groups is 1. The molecule has 4 heterocycles. The zero-order chi connectivity index (χ0) is 15.0. The summed E-state index contributed by atoms with van der Waals surface area (Å²) >= 11 is 0. The van der Waals surface area contributed by atoms with E-state index in [1.54, 1.807) is 12.4 Å². The van der Waals surface area contributed by atoms with Gasteiger partial charge in [0, 0.05) is 38.5 Å². The van der Waals surface area contributed by atoms with Crippen molar-refractivity contribution in [3.63, 3.8) is 0 Å². The van der Waals surface area contributed by atoms with Gasteiger partial charge in [-0.2, -0.15) is 0 Å². The summed E-state index contributed by atoms with van der Waals surface area (Å²) in [5.41, 5.74) is -0.0397. The molecule has 0 radical (unpaired) electrons. The molecule has 22 heavy (non-hydrogen) atoms. The average molecular weight is 302 g/mol. The molecule has 0 bridgehead atoms. The van der Waals surface area contributed by atoms with Gasteiger partial charge in [-0.3, -0.25) is 4.79 Å². The highest BCUT2D eigenvalue weighted by atomic mass is 16.5. The molecule has 0 N–H and O–H groups in total. The van der Waals surface area contributed by atoms with E-state index >= 15 is 0 Å². The average Bonchev–Trinajstić information content (AvgIpc) is 3.10. The standard InChI is InChI=1S/C16H22N4O2/c21-14-3-1-8-19(14)9-4-13-5-10-22-16(13)11-20(12-16)15-17-6-2-7-18-15/h2,6-7,13H,1,3-5,8-12H2. The van der Waals surface area contributed by atoms with Crippen LogP contribution in [0.2, 0.25) is 0 Å². The molecule has 1 atom stereocenters. The van der Waals surface area contributed by atoms with Gasteiger partial charge >= 0.3 is 0 Å². The zero-order valence-corrected chi connectivity index (χ0v) is 12.8. The lowest BCUT2D eigenvalue weighted by Gasteiger charge is -2.50. The summed E-state index contributed by atoms with van der Waals surface area (Å²) in [6.07, 6.45) is 7.45. The SMILES string of the molecule is O=C1CCCN1CCC1CCOC12CN(c1ncccn1)C2. The van der Waals surface area contributed by atoms with Crippen molar-refractivity contribution in [3.05, 3.63) is 18.5 Å². The first kappa shape index (κ1) is 13.9. The Balaban J connectivity index is 1.35. The summed E-state index contributed by atoms with van der Waals surface area (Å²) in [5, 5.41) is 0. The molecule has 1 aromatic heterocycles. The van der Waals surface area contributed by atoms with Crippen LogP contribution in [0.1, 0.15) is 25.7 Å². The van der Waals surface area contributed by atoms with Crippen molar-refractivity contribution in [2.75, 3.05) is 37.7 Å².